The molecular weight excluding hydrogens is 466 g/mol. The molecule has 1 aromatic carbocycles. The van der Waals surface area contributed by atoms with Crippen LogP contribution in [0.5, 0.6) is 0 Å². The monoisotopic (exact) mass is 507 g/mol. The number of anilines is 4. The molecule has 0 bridgehead atoms. The third kappa shape index (κ3) is 5.81. The molecule has 10 heteroatoms. The van der Waals surface area contributed by atoms with Crippen molar-refractivity contribution in [1.29, 1.82) is 0 Å². The number of amides is 1. The van der Waals surface area contributed by atoms with Crippen molar-refractivity contribution in [3.05, 3.63) is 35.7 Å². The molecule has 0 unspecified atom stereocenters. The van der Waals surface area contributed by atoms with Crippen LogP contribution in [-0.4, -0.2) is 97.2 Å². The lowest BCUT2D eigenvalue weighted by atomic mass is 10.0. The topological polar surface area (TPSA) is 120 Å². The molecule has 5 N–H and O–H groups in total. The number of primary amides is 1. The van der Waals surface area contributed by atoms with E-state index in [4.69, 9.17) is 16.5 Å². The van der Waals surface area contributed by atoms with Crippen LogP contribution >= 0.6 is 0 Å². The highest BCUT2D eigenvalue weighted by atomic mass is 16.1. The van der Waals surface area contributed by atoms with Gasteiger partial charge in [-0.25, -0.2) is 9.97 Å². The second-order valence-electron chi connectivity index (χ2n) is 10.6. The molecule has 3 aliphatic rings. The number of nitrogens with two attached hydrogens (primary N) is 2. The minimum Gasteiger partial charge on any atom is -0.371 e. The van der Waals surface area contributed by atoms with Crippen LogP contribution < -0.4 is 26.6 Å². The number of carbonyl (C=O) groups excluding carboxylic acids is 1. The zero-order valence-electron chi connectivity index (χ0n) is 22.2. The van der Waals surface area contributed by atoms with Crippen molar-refractivity contribution in [1.82, 2.24) is 19.8 Å². The summed E-state index contributed by atoms with van der Waals surface area (Å²) in [4.78, 5) is 31.4. The van der Waals surface area contributed by atoms with E-state index in [1.807, 2.05) is 19.1 Å². The van der Waals surface area contributed by atoms with Crippen LogP contribution in [0, 0.1) is 0 Å². The molecule has 0 saturated carbocycles. The SMILES string of the molecule is CCc1nc(C(N)=O)c(Nc2ccc(N3CCC(N4CCN(C)CC4)CC3)cc2)nc1N1CC[C@@H](N)C1. The molecular formula is C27H41N9O. The Bertz CT molecular complexity index is 1080. The summed E-state index contributed by atoms with van der Waals surface area (Å²) in [5, 5.41) is 3.30. The number of rotatable bonds is 7. The van der Waals surface area contributed by atoms with Crippen molar-refractivity contribution in [3.63, 3.8) is 0 Å². The molecule has 37 heavy (non-hydrogen) atoms. The molecule has 4 heterocycles. The van der Waals surface area contributed by atoms with Crippen molar-refractivity contribution in [2.24, 2.45) is 11.5 Å². The Morgan fingerprint density at radius 2 is 1.65 bits per heavy atom. The summed E-state index contributed by atoms with van der Waals surface area (Å²) in [6, 6.07) is 9.16. The Kier molecular flexibility index (Phi) is 7.78. The number of nitrogens with zero attached hydrogens (tertiary/aromatic N) is 6. The van der Waals surface area contributed by atoms with Crippen LogP contribution in [0.1, 0.15) is 42.4 Å². The van der Waals surface area contributed by atoms with Crippen molar-refractivity contribution >= 4 is 28.9 Å². The van der Waals surface area contributed by atoms with Gasteiger partial charge in [0.1, 0.15) is 0 Å². The summed E-state index contributed by atoms with van der Waals surface area (Å²) in [7, 11) is 2.21. The number of aryl methyl sites for hydroxylation is 1. The molecule has 3 fully saturated rings. The zero-order chi connectivity index (χ0) is 25.9. The van der Waals surface area contributed by atoms with E-state index in [9.17, 15) is 4.79 Å². The van der Waals surface area contributed by atoms with Crippen LogP contribution in [0.4, 0.5) is 23.0 Å². The van der Waals surface area contributed by atoms with Gasteiger partial charge in [-0.15, -0.1) is 0 Å². The van der Waals surface area contributed by atoms with Gasteiger partial charge >= 0.3 is 0 Å². The lowest BCUT2D eigenvalue weighted by Crippen LogP contribution is -2.52. The first-order valence-electron chi connectivity index (χ1n) is 13.7. The van der Waals surface area contributed by atoms with Gasteiger partial charge in [-0.3, -0.25) is 9.69 Å². The molecule has 0 spiro atoms. The van der Waals surface area contributed by atoms with E-state index in [0.717, 1.165) is 49.8 Å². The van der Waals surface area contributed by atoms with Gasteiger partial charge in [0.15, 0.2) is 17.3 Å². The first-order valence-corrected chi connectivity index (χ1v) is 13.7. The molecule has 1 amide bonds. The van der Waals surface area contributed by atoms with Crippen molar-refractivity contribution in [3.8, 4) is 0 Å². The second-order valence-corrected chi connectivity index (χ2v) is 10.6. The number of benzene rings is 1. The van der Waals surface area contributed by atoms with E-state index in [0.29, 0.717) is 18.3 Å². The van der Waals surface area contributed by atoms with Crippen molar-refractivity contribution in [2.45, 2.75) is 44.7 Å². The van der Waals surface area contributed by atoms with Crippen LogP contribution in [0.3, 0.4) is 0 Å². The summed E-state index contributed by atoms with van der Waals surface area (Å²) in [5.74, 6) is 0.581. The van der Waals surface area contributed by atoms with E-state index in [-0.39, 0.29) is 11.7 Å². The van der Waals surface area contributed by atoms with Crippen LogP contribution in [0.25, 0.3) is 0 Å². The maximum absolute atomic E-state index is 12.2. The molecule has 10 nitrogen and oxygen atoms in total. The Morgan fingerprint density at radius 1 is 0.973 bits per heavy atom. The molecule has 5 rings (SSSR count). The molecule has 3 saturated heterocycles. The zero-order valence-corrected chi connectivity index (χ0v) is 22.2. The minimum absolute atomic E-state index is 0.123. The van der Waals surface area contributed by atoms with Gasteiger partial charge in [0.2, 0.25) is 0 Å². The summed E-state index contributed by atoms with van der Waals surface area (Å²) in [6.07, 6.45) is 3.98. The van der Waals surface area contributed by atoms with Gasteiger partial charge < -0.3 is 31.5 Å². The third-order valence-electron chi connectivity index (χ3n) is 8.05. The fourth-order valence-electron chi connectivity index (χ4n) is 5.76. The molecule has 200 valence electrons. The number of hydrogen-bond acceptors (Lipinski definition) is 9. The predicted octanol–water partition coefficient (Wildman–Crippen LogP) is 1.64. The molecule has 2 aromatic rings. The van der Waals surface area contributed by atoms with Gasteiger partial charge in [0, 0.05) is 75.8 Å². The lowest BCUT2D eigenvalue weighted by Gasteiger charge is -2.42. The van der Waals surface area contributed by atoms with E-state index in [2.05, 4.69) is 49.1 Å². The molecule has 3 aliphatic heterocycles. The fourth-order valence-corrected chi connectivity index (χ4v) is 5.76. The number of hydrogen-bond donors (Lipinski definition) is 3. The summed E-state index contributed by atoms with van der Waals surface area (Å²) >= 11 is 0. The van der Waals surface area contributed by atoms with E-state index in [1.54, 1.807) is 0 Å². The number of aromatic nitrogens is 2. The minimum atomic E-state index is -0.589. The Hall–Kier alpha value is -2.95. The molecule has 0 radical (unpaired) electrons. The highest BCUT2D eigenvalue weighted by Crippen LogP contribution is 2.29. The predicted molar refractivity (Wildman–Crippen MR) is 149 cm³/mol. The highest BCUT2D eigenvalue weighted by molar-refractivity contribution is 5.96. The summed E-state index contributed by atoms with van der Waals surface area (Å²) in [6.45, 7) is 10.4. The number of piperidine rings is 1. The van der Waals surface area contributed by atoms with Crippen LogP contribution in [0.15, 0.2) is 24.3 Å². The largest absolute Gasteiger partial charge is 0.371 e. The van der Waals surface area contributed by atoms with Crippen molar-refractivity contribution in [2.75, 3.05) is 74.5 Å². The number of carbonyl (C=O) groups is 1. The van der Waals surface area contributed by atoms with Crippen molar-refractivity contribution < 1.29 is 4.79 Å². The quantitative estimate of drug-likeness (QED) is 0.514. The number of piperazine rings is 1. The average Bonchev–Trinajstić information content (AvgIpc) is 3.35. The Balaban J connectivity index is 1.26. The molecule has 0 aliphatic carbocycles. The molecule has 1 atom stereocenters. The smallest absolute Gasteiger partial charge is 0.271 e. The maximum atomic E-state index is 12.2. The van der Waals surface area contributed by atoms with Gasteiger partial charge in [0.25, 0.3) is 5.91 Å². The van der Waals surface area contributed by atoms with Gasteiger partial charge in [-0.05, 0) is 57.0 Å². The highest BCUT2D eigenvalue weighted by Gasteiger charge is 2.28. The lowest BCUT2D eigenvalue weighted by molar-refractivity contribution is 0.0982. The van der Waals surface area contributed by atoms with E-state index in [1.165, 1.54) is 44.7 Å². The number of likely N-dealkylation sites (N-methyl/N-ethyl adjacent to an activating group) is 1. The number of nitrogens with one attached hydrogen (secondary N) is 1. The first kappa shape index (κ1) is 25.7. The van der Waals surface area contributed by atoms with Gasteiger partial charge in [-0.2, -0.15) is 0 Å². The van der Waals surface area contributed by atoms with Gasteiger partial charge in [0.05, 0.1) is 5.69 Å². The second kappa shape index (κ2) is 11.2. The van der Waals surface area contributed by atoms with Gasteiger partial charge in [-0.1, -0.05) is 6.92 Å². The summed E-state index contributed by atoms with van der Waals surface area (Å²) in [5.41, 5.74) is 14.8. The maximum Gasteiger partial charge on any atom is 0.271 e. The Labute approximate surface area is 220 Å². The normalized spacial score (nSPS) is 22.0. The average molecular weight is 508 g/mol. The first-order chi connectivity index (χ1) is 17.9. The standard InChI is InChI=1S/C27H41N9O/c1-3-23-27(36-11-8-19(28)18-36)32-26(24(31-23)25(29)37)30-20-4-6-21(7-5-20)34-12-9-22(10-13-34)35-16-14-33(2)15-17-35/h4-7,19,22H,3,8-18,28H2,1-2H3,(H2,29,37)(H,30,32)/t19-/m1/s1. The fraction of sp³-hybridized carbons (Fsp3) is 0.593. The van der Waals surface area contributed by atoms with Crippen LogP contribution in [0.2, 0.25) is 0 Å². The van der Waals surface area contributed by atoms with E-state index >= 15 is 0 Å². The molecule has 1 aromatic heterocycles. The third-order valence-corrected chi connectivity index (χ3v) is 8.05. The summed E-state index contributed by atoms with van der Waals surface area (Å²) < 4.78 is 0. The van der Waals surface area contributed by atoms with E-state index < -0.39 is 5.91 Å². The van der Waals surface area contributed by atoms with Crippen LogP contribution in [-0.2, 0) is 6.42 Å². The Morgan fingerprint density at radius 3 is 2.24 bits per heavy atom.